The summed E-state index contributed by atoms with van der Waals surface area (Å²) in [6.45, 7) is 2.81. The lowest BCUT2D eigenvalue weighted by molar-refractivity contribution is 0.0962. The SMILES string of the molecule is CCn1cc(Nc2ncc(/C=C/c3cc(C(=O)NC)cc(OC)c3Cl)cn2)cn1. The molecule has 3 aromatic rings. The van der Waals surface area contributed by atoms with Gasteiger partial charge in [0.05, 0.1) is 24.0 Å². The lowest BCUT2D eigenvalue weighted by Gasteiger charge is -2.09. The molecule has 2 heterocycles. The summed E-state index contributed by atoms with van der Waals surface area (Å²) in [5.74, 6) is 0.676. The van der Waals surface area contributed by atoms with Crippen molar-refractivity contribution < 1.29 is 9.53 Å². The Morgan fingerprint density at radius 2 is 2.00 bits per heavy atom. The number of hydrogen-bond donors (Lipinski definition) is 2. The normalized spacial score (nSPS) is 10.9. The summed E-state index contributed by atoms with van der Waals surface area (Å²) in [7, 11) is 3.07. The number of carbonyl (C=O) groups is 1. The quantitative estimate of drug-likeness (QED) is 0.615. The average Bonchev–Trinajstić information content (AvgIpc) is 3.21. The summed E-state index contributed by atoms with van der Waals surface area (Å²) < 4.78 is 7.08. The molecule has 0 aliphatic heterocycles. The molecule has 0 unspecified atom stereocenters. The highest BCUT2D eigenvalue weighted by atomic mass is 35.5. The van der Waals surface area contributed by atoms with Gasteiger partial charge in [0.2, 0.25) is 5.95 Å². The van der Waals surface area contributed by atoms with Gasteiger partial charge in [0.25, 0.3) is 5.91 Å². The Balaban J connectivity index is 1.78. The first kappa shape index (κ1) is 20.3. The molecule has 150 valence electrons. The lowest BCUT2D eigenvalue weighted by Crippen LogP contribution is -2.18. The van der Waals surface area contributed by atoms with Crippen molar-refractivity contribution in [2.75, 3.05) is 19.5 Å². The fraction of sp³-hybridized carbons (Fsp3) is 0.200. The third kappa shape index (κ3) is 4.91. The van der Waals surface area contributed by atoms with Crippen molar-refractivity contribution in [1.82, 2.24) is 25.1 Å². The molecule has 0 spiro atoms. The maximum atomic E-state index is 12.0. The van der Waals surface area contributed by atoms with Crippen molar-refractivity contribution in [3.63, 3.8) is 0 Å². The molecule has 0 atom stereocenters. The Bertz CT molecular complexity index is 1030. The smallest absolute Gasteiger partial charge is 0.251 e. The van der Waals surface area contributed by atoms with E-state index in [-0.39, 0.29) is 5.91 Å². The number of carbonyl (C=O) groups excluding carboxylic acids is 1. The van der Waals surface area contributed by atoms with E-state index in [1.807, 2.05) is 23.9 Å². The summed E-state index contributed by atoms with van der Waals surface area (Å²) in [6, 6.07) is 3.30. The van der Waals surface area contributed by atoms with Crippen LogP contribution in [0.2, 0.25) is 5.02 Å². The second-order valence-electron chi connectivity index (χ2n) is 6.04. The Hall–Kier alpha value is -3.39. The molecular weight excluding hydrogens is 392 g/mol. The van der Waals surface area contributed by atoms with Gasteiger partial charge in [-0.1, -0.05) is 23.8 Å². The zero-order chi connectivity index (χ0) is 20.8. The van der Waals surface area contributed by atoms with Crippen molar-refractivity contribution in [3.8, 4) is 5.75 Å². The van der Waals surface area contributed by atoms with Gasteiger partial charge in [-0.3, -0.25) is 9.48 Å². The van der Waals surface area contributed by atoms with Crippen LogP contribution >= 0.6 is 11.6 Å². The van der Waals surface area contributed by atoms with Crippen LogP contribution in [0.15, 0.2) is 36.9 Å². The fourth-order valence-electron chi connectivity index (χ4n) is 2.57. The number of benzene rings is 1. The first-order valence-electron chi connectivity index (χ1n) is 8.93. The molecule has 0 bridgehead atoms. The number of aromatic nitrogens is 4. The Kier molecular flexibility index (Phi) is 6.46. The first-order chi connectivity index (χ1) is 14.0. The van der Waals surface area contributed by atoms with E-state index in [1.54, 1.807) is 43.8 Å². The van der Waals surface area contributed by atoms with E-state index in [4.69, 9.17) is 16.3 Å². The minimum absolute atomic E-state index is 0.222. The molecular formula is C20H21ClN6O2. The summed E-state index contributed by atoms with van der Waals surface area (Å²) in [6.07, 6.45) is 10.6. The van der Waals surface area contributed by atoms with Crippen LogP contribution in [0.3, 0.4) is 0 Å². The van der Waals surface area contributed by atoms with E-state index in [0.29, 0.717) is 27.8 Å². The van der Waals surface area contributed by atoms with Crippen molar-refractivity contribution in [2.45, 2.75) is 13.5 Å². The minimum atomic E-state index is -0.222. The summed E-state index contributed by atoms with van der Waals surface area (Å²) in [5, 5.41) is 10.3. The van der Waals surface area contributed by atoms with E-state index in [2.05, 4.69) is 25.7 Å². The summed E-state index contributed by atoms with van der Waals surface area (Å²) in [4.78, 5) is 20.6. The minimum Gasteiger partial charge on any atom is -0.495 e. The number of amides is 1. The molecule has 2 aromatic heterocycles. The maximum absolute atomic E-state index is 12.0. The monoisotopic (exact) mass is 412 g/mol. The fourth-order valence-corrected chi connectivity index (χ4v) is 2.82. The van der Waals surface area contributed by atoms with Gasteiger partial charge in [0.1, 0.15) is 5.75 Å². The largest absolute Gasteiger partial charge is 0.495 e. The molecule has 0 saturated heterocycles. The second-order valence-corrected chi connectivity index (χ2v) is 6.42. The van der Waals surface area contributed by atoms with E-state index in [0.717, 1.165) is 17.8 Å². The number of nitrogens with one attached hydrogen (secondary N) is 2. The van der Waals surface area contributed by atoms with Gasteiger partial charge in [-0.05, 0) is 24.6 Å². The highest BCUT2D eigenvalue weighted by molar-refractivity contribution is 6.33. The van der Waals surface area contributed by atoms with Crippen LogP contribution in [0, 0.1) is 0 Å². The highest BCUT2D eigenvalue weighted by Gasteiger charge is 2.12. The number of halogens is 1. The topological polar surface area (TPSA) is 94.0 Å². The van der Waals surface area contributed by atoms with Crippen LogP contribution in [-0.2, 0) is 6.54 Å². The van der Waals surface area contributed by atoms with Crippen molar-refractivity contribution in [1.29, 1.82) is 0 Å². The van der Waals surface area contributed by atoms with Gasteiger partial charge in [-0.15, -0.1) is 0 Å². The standard InChI is InChI=1S/C20H21ClN6O2/c1-4-27-12-16(11-25-27)26-20-23-9-13(10-24-20)5-6-14-7-15(19(28)22-2)8-17(29-3)18(14)21/h5-12H,4H2,1-3H3,(H,22,28)(H,23,24,26)/b6-5+. The average molecular weight is 413 g/mol. The summed E-state index contributed by atoms with van der Waals surface area (Å²) >= 11 is 6.37. The van der Waals surface area contributed by atoms with E-state index >= 15 is 0 Å². The van der Waals surface area contributed by atoms with Crippen molar-refractivity contribution in [3.05, 3.63) is 58.6 Å². The molecule has 0 aliphatic rings. The third-order valence-corrected chi connectivity index (χ3v) is 4.52. The predicted octanol–water partition coefficient (Wildman–Crippen LogP) is 3.63. The molecule has 1 aromatic carbocycles. The molecule has 1 amide bonds. The number of anilines is 2. The van der Waals surface area contributed by atoms with Crippen molar-refractivity contribution >= 4 is 41.3 Å². The zero-order valence-corrected chi connectivity index (χ0v) is 17.1. The second kappa shape index (κ2) is 9.20. The lowest BCUT2D eigenvalue weighted by atomic mass is 10.1. The molecule has 8 nitrogen and oxygen atoms in total. The predicted molar refractivity (Wildman–Crippen MR) is 114 cm³/mol. The Labute approximate surface area is 173 Å². The molecule has 29 heavy (non-hydrogen) atoms. The first-order valence-corrected chi connectivity index (χ1v) is 9.31. The number of hydrogen-bond acceptors (Lipinski definition) is 6. The Morgan fingerprint density at radius 3 is 2.62 bits per heavy atom. The maximum Gasteiger partial charge on any atom is 0.251 e. The van der Waals surface area contributed by atoms with E-state index < -0.39 is 0 Å². The molecule has 0 fully saturated rings. The van der Waals surface area contributed by atoms with Gasteiger partial charge in [0, 0.05) is 43.3 Å². The number of rotatable bonds is 7. The molecule has 9 heteroatoms. The van der Waals surface area contributed by atoms with Crippen LogP contribution in [-0.4, -0.2) is 39.8 Å². The third-order valence-electron chi connectivity index (χ3n) is 4.12. The molecule has 3 rings (SSSR count). The van der Waals surface area contributed by atoms with Crippen LogP contribution < -0.4 is 15.4 Å². The van der Waals surface area contributed by atoms with Gasteiger partial charge >= 0.3 is 0 Å². The summed E-state index contributed by atoms with van der Waals surface area (Å²) in [5.41, 5.74) is 2.70. The van der Waals surface area contributed by atoms with Crippen LogP contribution in [0.4, 0.5) is 11.6 Å². The number of aryl methyl sites for hydroxylation is 1. The molecule has 0 aliphatic carbocycles. The number of ether oxygens (including phenoxy) is 1. The van der Waals surface area contributed by atoms with E-state index in [9.17, 15) is 4.79 Å². The molecule has 2 N–H and O–H groups in total. The van der Waals surface area contributed by atoms with E-state index in [1.165, 1.54) is 7.11 Å². The van der Waals surface area contributed by atoms with Crippen molar-refractivity contribution in [2.24, 2.45) is 0 Å². The van der Waals surface area contributed by atoms with Gasteiger partial charge < -0.3 is 15.4 Å². The zero-order valence-electron chi connectivity index (χ0n) is 16.3. The van der Waals surface area contributed by atoms with Crippen LogP contribution in [0.1, 0.15) is 28.4 Å². The molecule has 0 radical (unpaired) electrons. The van der Waals surface area contributed by atoms with Crippen LogP contribution in [0.5, 0.6) is 5.75 Å². The number of methoxy groups -OCH3 is 1. The number of nitrogens with zero attached hydrogens (tertiary/aromatic N) is 4. The molecule has 0 saturated carbocycles. The highest BCUT2D eigenvalue weighted by Crippen LogP contribution is 2.31. The van der Waals surface area contributed by atoms with Gasteiger partial charge in [-0.25, -0.2) is 9.97 Å². The van der Waals surface area contributed by atoms with Gasteiger partial charge in [-0.2, -0.15) is 5.10 Å². The Morgan fingerprint density at radius 1 is 1.24 bits per heavy atom. The van der Waals surface area contributed by atoms with Crippen LogP contribution in [0.25, 0.3) is 12.2 Å². The van der Waals surface area contributed by atoms with Gasteiger partial charge in [0.15, 0.2) is 0 Å².